The highest BCUT2D eigenvalue weighted by Crippen LogP contribution is 2.28. The summed E-state index contributed by atoms with van der Waals surface area (Å²) >= 11 is 0. The Kier molecular flexibility index (Phi) is 8.84. The summed E-state index contributed by atoms with van der Waals surface area (Å²) < 4.78 is 28.8. The SMILES string of the molecule is CCc1ccccc1N(CC(=O)Nc1ccccc1C(=O)N1CCCCCC1)S(=O)(=O)c1ccc(C)cc1. The fraction of sp³-hybridized carbons (Fsp3) is 0.333. The van der Waals surface area contributed by atoms with Gasteiger partial charge in [0.25, 0.3) is 15.9 Å². The number of sulfonamides is 1. The van der Waals surface area contributed by atoms with E-state index in [1.54, 1.807) is 60.7 Å². The third-order valence-corrected chi connectivity index (χ3v) is 8.64. The molecule has 38 heavy (non-hydrogen) atoms. The number of carbonyl (C=O) groups is 2. The molecule has 0 aliphatic carbocycles. The molecule has 1 saturated heterocycles. The van der Waals surface area contributed by atoms with Gasteiger partial charge in [0.05, 0.1) is 21.8 Å². The number of amides is 2. The van der Waals surface area contributed by atoms with Crippen molar-refractivity contribution in [3.8, 4) is 0 Å². The maximum Gasteiger partial charge on any atom is 0.264 e. The van der Waals surface area contributed by atoms with Crippen molar-refractivity contribution in [1.29, 1.82) is 0 Å². The lowest BCUT2D eigenvalue weighted by Gasteiger charge is -2.26. The van der Waals surface area contributed by atoms with Crippen LogP contribution in [-0.2, 0) is 21.2 Å². The number of hydrogen-bond donors (Lipinski definition) is 1. The number of likely N-dealkylation sites (tertiary alicyclic amines) is 1. The summed E-state index contributed by atoms with van der Waals surface area (Å²) in [5, 5.41) is 2.82. The maximum atomic E-state index is 13.8. The maximum absolute atomic E-state index is 13.8. The molecule has 1 fully saturated rings. The lowest BCUT2D eigenvalue weighted by molar-refractivity contribution is -0.114. The Morgan fingerprint density at radius 1 is 0.868 bits per heavy atom. The van der Waals surface area contributed by atoms with Gasteiger partial charge in [0, 0.05) is 13.1 Å². The summed E-state index contributed by atoms with van der Waals surface area (Å²) in [5.41, 5.74) is 2.99. The first-order valence-electron chi connectivity index (χ1n) is 13.2. The van der Waals surface area contributed by atoms with Gasteiger partial charge in [0.1, 0.15) is 6.54 Å². The largest absolute Gasteiger partial charge is 0.339 e. The fourth-order valence-electron chi connectivity index (χ4n) is 4.73. The molecule has 7 nitrogen and oxygen atoms in total. The van der Waals surface area contributed by atoms with Gasteiger partial charge >= 0.3 is 0 Å². The quantitative estimate of drug-likeness (QED) is 0.420. The zero-order valence-electron chi connectivity index (χ0n) is 22.0. The first kappa shape index (κ1) is 27.4. The molecule has 0 spiro atoms. The summed E-state index contributed by atoms with van der Waals surface area (Å²) in [6, 6.07) is 20.7. The molecule has 0 aromatic heterocycles. The number of para-hydroxylation sites is 2. The highest BCUT2D eigenvalue weighted by molar-refractivity contribution is 7.92. The number of nitrogens with zero attached hydrogens (tertiary/aromatic N) is 2. The van der Waals surface area contributed by atoms with Crippen LogP contribution in [0, 0.1) is 6.92 Å². The first-order chi connectivity index (χ1) is 18.3. The third-order valence-electron chi connectivity index (χ3n) is 6.86. The second-order valence-electron chi connectivity index (χ2n) is 9.61. The topological polar surface area (TPSA) is 86.8 Å². The molecule has 1 N–H and O–H groups in total. The van der Waals surface area contributed by atoms with Crippen molar-refractivity contribution in [3.63, 3.8) is 0 Å². The molecule has 0 radical (unpaired) electrons. The van der Waals surface area contributed by atoms with Crippen molar-refractivity contribution in [2.24, 2.45) is 0 Å². The van der Waals surface area contributed by atoms with Gasteiger partial charge in [-0.25, -0.2) is 8.42 Å². The summed E-state index contributed by atoms with van der Waals surface area (Å²) in [6.07, 6.45) is 4.73. The van der Waals surface area contributed by atoms with E-state index in [0.29, 0.717) is 36.4 Å². The van der Waals surface area contributed by atoms with E-state index < -0.39 is 22.5 Å². The average molecular weight is 534 g/mol. The highest BCUT2D eigenvalue weighted by Gasteiger charge is 2.29. The van der Waals surface area contributed by atoms with Crippen molar-refractivity contribution < 1.29 is 18.0 Å². The first-order valence-corrected chi connectivity index (χ1v) is 14.6. The van der Waals surface area contributed by atoms with Crippen LogP contribution in [-0.4, -0.2) is 44.8 Å². The Hall–Kier alpha value is -3.65. The number of nitrogens with one attached hydrogen (secondary N) is 1. The van der Waals surface area contributed by atoms with Crippen LogP contribution in [0.1, 0.15) is 54.1 Å². The van der Waals surface area contributed by atoms with Gasteiger partial charge in [-0.3, -0.25) is 13.9 Å². The van der Waals surface area contributed by atoms with Gasteiger partial charge in [-0.2, -0.15) is 0 Å². The van der Waals surface area contributed by atoms with Crippen molar-refractivity contribution in [3.05, 3.63) is 89.5 Å². The minimum atomic E-state index is -4.04. The molecular weight excluding hydrogens is 498 g/mol. The van der Waals surface area contributed by atoms with E-state index >= 15 is 0 Å². The van der Waals surface area contributed by atoms with Crippen LogP contribution in [0.25, 0.3) is 0 Å². The standard InChI is InChI=1S/C30H35N3O4S/c1-3-24-12-6-9-15-28(24)33(38(36,37)25-18-16-23(2)17-19-25)22-29(34)31-27-14-8-7-13-26(27)30(35)32-20-10-4-5-11-21-32/h6-9,12-19H,3-5,10-11,20-22H2,1-2H3,(H,31,34). The molecule has 0 bridgehead atoms. The molecule has 1 heterocycles. The number of aryl methyl sites for hydroxylation is 2. The van der Waals surface area contributed by atoms with Crippen LogP contribution in [0.4, 0.5) is 11.4 Å². The normalized spacial score (nSPS) is 14.0. The van der Waals surface area contributed by atoms with Crippen molar-refractivity contribution in [2.75, 3.05) is 29.3 Å². The Labute approximate surface area is 225 Å². The zero-order valence-corrected chi connectivity index (χ0v) is 22.8. The van der Waals surface area contributed by atoms with E-state index in [4.69, 9.17) is 0 Å². The van der Waals surface area contributed by atoms with Crippen molar-refractivity contribution >= 4 is 33.2 Å². The number of carbonyl (C=O) groups excluding carboxylic acids is 2. The van der Waals surface area contributed by atoms with E-state index in [9.17, 15) is 18.0 Å². The summed E-state index contributed by atoms with van der Waals surface area (Å²) in [4.78, 5) is 28.7. The van der Waals surface area contributed by atoms with Gasteiger partial charge in [-0.05, 0) is 62.1 Å². The molecule has 0 saturated carbocycles. The van der Waals surface area contributed by atoms with E-state index in [-0.39, 0.29) is 10.8 Å². The Morgan fingerprint density at radius 3 is 2.18 bits per heavy atom. The second-order valence-corrected chi connectivity index (χ2v) is 11.5. The Balaban J connectivity index is 1.64. The molecule has 2 amide bonds. The molecule has 1 aliphatic rings. The predicted molar refractivity (Wildman–Crippen MR) is 151 cm³/mol. The average Bonchev–Trinajstić information content (AvgIpc) is 3.22. The lowest BCUT2D eigenvalue weighted by Crippen LogP contribution is -2.39. The molecule has 3 aromatic rings. The molecule has 1 aliphatic heterocycles. The molecule has 8 heteroatoms. The number of anilines is 2. The second kappa shape index (κ2) is 12.3. The van der Waals surface area contributed by atoms with Gasteiger partial charge in [0.2, 0.25) is 5.91 Å². The molecule has 200 valence electrons. The van der Waals surface area contributed by atoms with E-state index in [1.165, 1.54) is 0 Å². The Morgan fingerprint density at radius 2 is 1.50 bits per heavy atom. The van der Waals surface area contributed by atoms with Crippen LogP contribution >= 0.6 is 0 Å². The number of benzene rings is 3. The van der Waals surface area contributed by atoms with Crippen LogP contribution in [0.5, 0.6) is 0 Å². The third kappa shape index (κ3) is 6.25. The van der Waals surface area contributed by atoms with Crippen LogP contribution in [0.3, 0.4) is 0 Å². The van der Waals surface area contributed by atoms with E-state index in [1.807, 2.05) is 30.9 Å². The van der Waals surface area contributed by atoms with E-state index in [0.717, 1.165) is 41.1 Å². The van der Waals surface area contributed by atoms with Crippen molar-refractivity contribution in [1.82, 2.24) is 4.90 Å². The summed E-state index contributed by atoms with van der Waals surface area (Å²) in [7, 11) is -4.04. The number of rotatable bonds is 8. The highest BCUT2D eigenvalue weighted by atomic mass is 32.2. The lowest BCUT2D eigenvalue weighted by atomic mass is 10.1. The molecule has 0 atom stereocenters. The van der Waals surface area contributed by atoms with Crippen LogP contribution < -0.4 is 9.62 Å². The van der Waals surface area contributed by atoms with Gasteiger partial charge < -0.3 is 10.2 Å². The number of hydrogen-bond acceptors (Lipinski definition) is 4. The molecule has 0 unspecified atom stereocenters. The predicted octanol–water partition coefficient (Wildman–Crippen LogP) is 5.41. The summed E-state index contributed by atoms with van der Waals surface area (Å²) in [5.74, 6) is -0.647. The molecule has 3 aromatic carbocycles. The van der Waals surface area contributed by atoms with Crippen LogP contribution in [0.15, 0.2) is 77.7 Å². The van der Waals surface area contributed by atoms with Crippen molar-refractivity contribution in [2.45, 2.75) is 50.8 Å². The van der Waals surface area contributed by atoms with Crippen LogP contribution in [0.2, 0.25) is 0 Å². The Bertz CT molecular complexity index is 1380. The summed E-state index contributed by atoms with van der Waals surface area (Å²) in [6.45, 7) is 4.78. The van der Waals surface area contributed by atoms with Gasteiger partial charge in [-0.1, -0.05) is 67.8 Å². The minimum Gasteiger partial charge on any atom is -0.339 e. The van der Waals surface area contributed by atoms with E-state index in [2.05, 4.69) is 5.32 Å². The molecule has 4 rings (SSSR count). The fourth-order valence-corrected chi connectivity index (χ4v) is 6.19. The van der Waals surface area contributed by atoms with Gasteiger partial charge in [-0.15, -0.1) is 0 Å². The molecular formula is C30H35N3O4S. The monoisotopic (exact) mass is 533 g/mol. The minimum absolute atomic E-state index is 0.110. The zero-order chi connectivity index (χ0) is 27.1. The van der Waals surface area contributed by atoms with Gasteiger partial charge in [0.15, 0.2) is 0 Å². The smallest absolute Gasteiger partial charge is 0.264 e.